The van der Waals surface area contributed by atoms with Crippen molar-refractivity contribution in [2.24, 2.45) is 0 Å². The summed E-state index contributed by atoms with van der Waals surface area (Å²) in [4.78, 5) is 10.2. The van der Waals surface area contributed by atoms with Gasteiger partial charge in [-0.05, 0) is 18.9 Å². The number of benzene rings is 1. The lowest BCUT2D eigenvalue weighted by Crippen LogP contribution is -2.21. The van der Waals surface area contributed by atoms with E-state index in [1.54, 1.807) is 0 Å². The quantitative estimate of drug-likeness (QED) is 0.657. The van der Waals surface area contributed by atoms with Crippen LogP contribution in [0.2, 0.25) is 0 Å². The molecule has 0 amide bonds. The van der Waals surface area contributed by atoms with Crippen LogP contribution in [0.25, 0.3) is 0 Å². The molecule has 0 radical (unpaired) electrons. The second kappa shape index (κ2) is 6.50. The highest BCUT2D eigenvalue weighted by molar-refractivity contribution is 5.52. The first kappa shape index (κ1) is 13.8. The Morgan fingerprint density at radius 1 is 1.16 bits per heavy atom. The zero-order valence-electron chi connectivity index (χ0n) is 10.9. The number of nitrogens with one attached hydrogen (secondary N) is 1. The standard InChI is InChI=1S/C14H19FN2O2/c15-13-9-8-12(17(18)19)10-14(13)16-11-6-4-2-1-3-5-7-11/h8-11,16H,1-7H2. The Morgan fingerprint density at radius 3 is 2.42 bits per heavy atom. The molecule has 1 fully saturated rings. The fourth-order valence-corrected chi connectivity index (χ4v) is 2.56. The van der Waals surface area contributed by atoms with E-state index in [-0.39, 0.29) is 17.4 Å². The van der Waals surface area contributed by atoms with Crippen LogP contribution in [0.15, 0.2) is 18.2 Å². The number of halogens is 1. The Morgan fingerprint density at radius 2 is 1.79 bits per heavy atom. The van der Waals surface area contributed by atoms with Crippen molar-refractivity contribution < 1.29 is 9.31 Å². The smallest absolute Gasteiger partial charge is 0.271 e. The minimum atomic E-state index is -0.497. The van der Waals surface area contributed by atoms with E-state index in [1.165, 1.54) is 31.4 Å². The summed E-state index contributed by atoms with van der Waals surface area (Å²) in [6, 6.07) is 3.85. The average molecular weight is 266 g/mol. The highest BCUT2D eigenvalue weighted by Gasteiger charge is 2.15. The highest BCUT2D eigenvalue weighted by atomic mass is 19.1. The Labute approximate surface area is 112 Å². The molecule has 1 saturated carbocycles. The predicted molar refractivity (Wildman–Crippen MR) is 72.8 cm³/mol. The normalized spacial score (nSPS) is 17.5. The van der Waals surface area contributed by atoms with Gasteiger partial charge in [-0.15, -0.1) is 0 Å². The number of nitro benzene ring substituents is 1. The molecule has 1 aliphatic carbocycles. The predicted octanol–water partition coefficient (Wildman–Crippen LogP) is 4.26. The summed E-state index contributed by atoms with van der Waals surface area (Å²) in [5.41, 5.74) is 0.175. The van der Waals surface area contributed by atoms with Gasteiger partial charge in [0.2, 0.25) is 0 Å². The van der Waals surface area contributed by atoms with Gasteiger partial charge in [-0.3, -0.25) is 10.1 Å². The Bertz CT molecular complexity index is 443. The van der Waals surface area contributed by atoms with Gasteiger partial charge in [0, 0.05) is 18.2 Å². The Hall–Kier alpha value is -1.65. The van der Waals surface area contributed by atoms with E-state index >= 15 is 0 Å². The van der Waals surface area contributed by atoms with Gasteiger partial charge in [0.25, 0.3) is 5.69 Å². The molecule has 0 heterocycles. The fraction of sp³-hybridized carbons (Fsp3) is 0.571. The van der Waals surface area contributed by atoms with E-state index in [9.17, 15) is 14.5 Å². The molecule has 19 heavy (non-hydrogen) atoms. The first-order valence-electron chi connectivity index (χ1n) is 6.87. The van der Waals surface area contributed by atoms with Gasteiger partial charge >= 0.3 is 0 Å². The van der Waals surface area contributed by atoms with Crippen LogP contribution in [-0.2, 0) is 0 Å². The largest absolute Gasteiger partial charge is 0.380 e. The van der Waals surface area contributed by atoms with Crippen molar-refractivity contribution in [2.45, 2.75) is 51.0 Å². The maximum atomic E-state index is 13.7. The summed E-state index contributed by atoms with van der Waals surface area (Å²) < 4.78 is 13.7. The van der Waals surface area contributed by atoms with Gasteiger partial charge in [-0.1, -0.05) is 32.1 Å². The molecule has 0 saturated heterocycles. The maximum absolute atomic E-state index is 13.7. The molecular weight excluding hydrogens is 247 g/mol. The SMILES string of the molecule is O=[N+]([O-])c1ccc(F)c(NC2CCCCCCC2)c1. The zero-order chi connectivity index (χ0) is 13.7. The minimum absolute atomic E-state index is 0.0743. The zero-order valence-corrected chi connectivity index (χ0v) is 10.9. The minimum Gasteiger partial charge on any atom is -0.380 e. The van der Waals surface area contributed by atoms with Gasteiger partial charge in [0.05, 0.1) is 10.6 Å². The molecule has 5 heteroatoms. The number of hydrogen-bond donors (Lipinski definition) is 1. The summed E-state index contributed by atoms with van der Waals surface area (Å²) in [5, 5.41) is 13.8. The van der Waals surface area contributed by atoms with Crippen molar-refractivity contribution in [3.63, 3.8) is 0 Å². The number of anilines is 1. The van der Waals surface area contributed by atoms with Crippen LogP contribution in [0.1, 0.15) is 44.9 Å². The molecule has 2 rings (SSSR count). The monoisotopic (exact) mass is 266 g/mol. The lowest BCUT2D eigenvalue weighted by atomic mass is 9.96. The highest BCUT2D eigenvalue weighted by Crippen LogP contribution is 2.25. The number of non-ortho nitro benzene ring substituents is 1. The van der Waals surface area contributed by atoms with E-state index < -0.39 is 10.7 Å². The summed E-state index contributed by atoms with van der Waals surface area (Å²) in [6.07, 6.45) is 7.98. The van der Waals surface area contributed by atoms with E-state index in [0.29, 0.717) is 0 Å². The molecule has 1 aromatic rings. The molecule has 1 aromatic carbocycles. The van der Waals surface area contributed by atoms with Gasteiger partial charge in [-0.25, -0.2) is 4.39 Å². The number of nitro groups is 1. The van der Waals surface area contributed by atoms with Gasteiger partial charge < -0.3 is 5.32 Å². The number of rotatable bonds is 3. The summed E-state index contributed by atoms with van der Waals surface area (Å²) in [6.45, 7) is 0. The Kier molecular flexibility index (Phi) is 4.71. The van der Waals surface area contributed by atoms with E-state index in [0.717, 1.165) is 31.7 Å². The molecule has 0 aromatic heterocycles. The first-order valence-corrected chi connectivity index (χ1v) is 6.87. The summed E-state index contributed by atoms with van der Waals surface area (Å²) in [7, 11) is 0. The molecule has 0 unspecified atom stereocenters. The molecule has 0 aliphatic heterocycles. The van der Waals surface area contributed by atoms with Crippen LogP contribution in [0.3, 0.4) is 0 Å². The van der Waals surface area contributed by atoms with Crippen molar-refractivity contribution in [3.05, 3.63) is 34.1 Å². The van der Waals surface area contributed by atoms with Crippen molar-refractivity contribution in [3.8, 4) is 0 Å². The molecule has 4 nitrogen and oxygen atoms in total. The lowest BCUT2D eigenvalue weighted by Gasteiger charge is -2.22. The van der Waals surface area contributed by atoms with E-state index in [2.05, 4.69) is 5.32 Å². The van der Waals surface area contributed by atoms with Gasteiger partial charge in [0.1, 0.15) is 5.82 Å². The topological polar surface area (TPSA) is 55.2 Å². The Balaban J connectivity index is 2.07. The molecule has 0 bridgehead atoms. The summed E-state index contributed by atoms with van der Waals surface area (Å²) in [5.74, 6) is -0.423. The first-order chi connectivity index (χ1) is 9.16. The molecule has 0 atom stereocenters. The van der Waals surface area contributed by atoms with Gasteiger partial charge in [-0.2, -0.15) is 0 Å². The van der Waals surface area contributed by atoms with Crippen molar-refractivity contribution in [2.75, 3.05) is 5.32 Å². The van der Waals surface area contributed by atoms with Crippen LogP contribution in [-0.4, -0.2) is 11.0 Å². The number of hydrogen-bond acceptors (Lipinski definition) is 3. The third-order valence-corrected chi connectivity index (χ3v) is 3.63. The van der Waals surface area contributed by atoms with Crippen molar-refractivity contribution >= 4 is 11.4 Å². The molecule has 1 N–H and O–H groups in total. The van der Waals surface area contributed by atoms with Crippen LogP contribution in [0, 0.1) is 15.9 Å². The molecular formula is C14H19FN2O2. The van der Waals surface area contributed by atoms with E-state index in [4.69, 9.17) is 0 Å². The lowest BCUT2D eigenvalue weighted by molar-refractivity contribution is -0.384. The molecule has 104 valence electrons. The second-order valence-electron chi connectivity index (χ2n) is 5.11. The van der Waals surface area contributed by atoms with Crippen LogP contribution in [0.4, 0.5) is 15.8 Å². The third-order valence-electron chi connectivity index (χ3n) is 3.63. The second-order valence-corrected chi connectivity index (χ2v) is 5.11. The number of nitrogens with zero attached hydrogens (tertiary/aromatic N) is 1. The maximum Gasteiger partial charge on any atom is 0.271 e. The van der Waals surface area contributed by atoms with Gasteiger partial charge in [0.15, 0.2) is 0 Å². The average Bonchev–Trinajstić information content (AvgIpc) is 2.34. The van der Waals surface area contributed by atoms with E-state index in [1.807, 2.05) is 0 Å². The third kappa shape index (κ3) is 3.91. The van der Waals surface area contributed by atoms with Crippen LogP contribution >= 0.6 is 0 Å². The molecule has 1 aliphatic rings. The van der Waals surface area contributed by atoms with Crippen molar-refractivity contribution in [1.82, 2.24) is 0 Å². The molecule has 0 spiro atoms. The van der Waals surface area contributed by atoms with Crippen LogP contribution < -0.4 is 5.32 Å². The fourth-order valence-electron chi connectivity index (χ4n) is 2.56. The summed E-state index contributed by atoms with van der Waals surface area (Å²) >= 11 is 0. The van der Waals surface area contributed by atoms with Crippen LogP contribution in [0.5, 0.6) is 0 Å². The van der Waals surface area contributed by atoms with Crippen molar-refractivity contribution in [1.29, 1.82) is 0 Å².